The van der Waals surface area contributed by atoms with Gasteiger partial charge in [0.15, 0.2) is 0 Å². The van der Waals surface area contributed by atoms with Crippen LogP contribution in [0.25, 0.3) is 5.65 Å². The van der Waals surface area contributed by atoms with Gasteiger partial charge in [-0.3, -0.25) is 9.20 Å². The number of unbranched alkanes of at least 4 members (excludes halogenated alkanes) is 1. The minimum absolute atomic E-state index is 0.0369. The van der Waals surface area contributed by atoms with Crippen LogP contribution in [0.3, 0.4) is 0 Å². The number of hydrogen-bond donors (Lipinski definition) is 3. The van der Waals surface area contributed by atoms with E-state index in [1.165, 1.54) is 18.3 Å². The average Bonchev–Trinajstić information content (AvgIpc) is 3.19. The third kappa shape index (κ3) is 6.42. The van der Waals surface area contributed by atoms with Gasteiger partial charge in [-0.05, 0) is 61.2 Å². The minimum Gasteiger partial charge on any atom is -0.385 e. The Bertz CT molecular complexity index is 1130. The number of amides is 1. The highest BCUT2D eigenvalue weighted by Gasteiger charge is 2.20. The predicted octanol–water partition coefficient (Wildman–Crippen LogP) is 5.52. The van der Waals surface area contributed by atoms with Crippen LogP contribution in [0.2, 0.25) is 5.02 Å². The number of nitrogens with zero attached hydrogens (tertiary/aromatic N) is 2. The van der Waals surface area contributed by atoms with Gasteiger partial charge in [0.05, 0.1) is 10.7 Å². The predicted molar refractivity (Wildman–Crippen MR) is 132 cm³/mol. The molecule has 0 spiro atoms. The molecule has 1 unspecified atom stereocenters. The molecule has 3 aromatic rings. The van der Waals surface area contributed by atoms with Gasteiger partial charge in [-0.1, -0.05) is 31.5 Å². The van der Waals surface area contributed by atoms with Crippen molar-refractivity contribution < 1.29 is 9.18 Å². The van der Waals surface area contributed by atoms with Crippen LogP contribution in [0.15, 0.2) is 54.7 Å². The number of benzene rings is 1. The van der Waals surface area contributed by atoms with E-state index in [1.807, 2.05) is 6.92 Å². The van der Waals surface area contributed by atoms with Crippen molar-refractivity contribution in [3.05, 3.63) is 77.0 Å². The number of aromatic nitrogens is 2. The van der Waals surface area contributed by atoms with E-state index in [1.54, 1.807) is 34.9 Å². The molecular weight excluding hydrogens is 441 g/mol. The Morgan fingerprint density at radius 3 is 2.73 bits per heavy atom. The molecule has 3 rings (SSSR count). The van der Waals surface area contributed by atoms with E-state index in [0.717, 1.165) is 31.5 Å². The summed E-state index contributed by atoms with van der Waals surface area (Å²) in [5, 5.41) is 14.4. The highest BCUT2D eigenvalue weighted by atomic mass is 35.5. The highest BCUT2D eigenvalue weighted by Crippen LogP contribution is 2.19. The molecule has 33 heavy (non-hydrogen) atoms. The second-order valence-corrected chi connectivity index (χ2v) is 8.33. The summed E-state index contributed by atoms with van der Waals surface area (Å²) >= 11 is 6.13. The highest BCUT2D eigenvalue weighted by molar-refractivity contribution is 6.30. The van der Waals surface area contributed by atoms with Crippen LogP contribution in [0.1, 0.15) is 42.4 Å². The van der Waals surface area contributed by atoms with Crippen LogP contribution in [-0.4, -0.2) is 34.6 Å². The Hall–Kier alpha value is -3.19. The van der Waals surface area contributed by atoms with E-state index in [4.69, 9.17) is 17.0 Å². The molecule has 6 nitrogen and oxygen atoms in total. The Labute approximate surface area is 198 Å². The first-order valence-electron chi connectivity index (χ1n) is 11.1. The van der Waals surface area contributed by atoms with Gasteiger partial charge in [-0.25, -0.2) is 9.37 Å². The summed E-state index contributed by atoms with van der Waals surface area (Å²) in [5.74, 6) is -0.513. The maximum atomic E-state index is 13.0. The Morgan fingerprint density at radius 2 is 2.03 bits per heavy atom. The third-order valence-corrected chi connectivity index (χ3v) is 5.80. The number of halogens is 2. The largest absolute Gasteiger partial charge is 0.385 e. The maximum absolute atomic E-state index is 13.0. The van der Waals surface area contributed by atoms with E-state index in [2.05, 4.69) is 22.2 Å². The van der Waals surface area contributed by atoms with Crippen LogP contribution in [0, 0.1) is 17.1 Å². The quantitative estimate of drug-likeness (QED) is 0.241. The second kappa shape index (κ2) is 11.6. The van der Waals surface area contributed by atoms with Gasteiger partial charge < -0.3 is 16.0 Å². The molecule has 0 fully saturated rings. The summed E-state index contributed by atoms with van der Waals surface area (Å²) in [7, 11) is 0. The van der Waals surface area contributed by atoms with E-state index in [9.17, 15) is 9.18 Å². The molecule has 0 bridgehead atoms. The molecule has 0 saturated heterocycles. The van der Waals surface area contributed by atoms with Crippen molar-refractivity contribution in [1.29, 1.82) is 5.41 Å². The number of carbonyl (C=O) groups is 1. The molecule has 0 radical (unpaired) electrons. The van der Waals surface area contributed by atoms with Crippen molar-refractivity contribution in [2.45, 2.75) is 32.6 Å². The summed E-state index contributed by atoms with van der Waals surface area (Å²) < 4.78 is 14.7. The van der Waals surface area contributed by atoms with Gasteiger partial charge in [0, 0.05) is 37.1 Å². The number of rotatable bonds is 12. The molecule has 2 heterocycles. The lowest BCUT2D eigenvalue weighted by Crippen LogP contribution is -2.31. The fourth-order valence-electron chi connectivity index (χ4n) is 3.71. The van der Waals surface area contributed by atoms with Gasteiger partial charge >= 0.3 is 0 Å². The molecule has 3 N–H and O–H groups in total. The number of aryl methyl sites for hydroxylation is 1. The smallest absolute Gasteiger partial charge is 0.270 e. The normalized spacial score (nSPS) is 11.8. The van der Waals surface area contributed by atoms with E-state index < -0.39 is 0 Å². The Morgan fingerprint density at radius 1 is 1.27 bits per heavy atom. The third-order valence-electron chi connectivity index (χ3n) is 5.58. The number of anilines is 1. The number of fused-ring (bicyclic) bond motifs is 1. The zero-order valence-corrected chi connectivity index (χ0v) is 19.5. The molecule has 1 aromatic carbocycles. The molecule has 0 aliphatic heterocycles. The lowest BCUT2D eigenvalue weighted by atomic mass is 9.94. The van der Waals surface area contributed by atoms with E-state index >= 15 is 0 Å². The Kier molecular flexibility index (Phi) is 8.60. The van der Waals surface area contributed by atoms with Gasteiger partial charge in [-0.15, -0.1) is 0 Å². The van der Waals surface area contributed by atoms with E-state index in [-0.39, 0.29) is 17.6 Å². The van der Waals surface area contributed by atoms with Crippen molar-refractivity contribution >= 4 is 35.1 Å². The first kappa shape index (κ1) is 24.5. The SMILES string of the molecule is C=C(C=N)C(CCCCNc1ccc(F)cc1)CNC(=O)c1c(CC)nc2ccc(Cl)cn12. The van der Waals surface area contributed by atoms with Crippen LogP contribution >= 0.6 is 11.6 Å². The summed E-state index contributed by atoms with van der Waals surface area (Å²) in [6.45, 7) is 7.08. The summed E-state index contributed by atoms with van der Waals surface area (Å²) in [6, 6.07) is 9.82. The van der Waals surface area contributed by atoms with E-state index in [0.29, 0.717) is 40.6 Å². The molecule has 0 aliphatic carbocycles. The van der Waals surface area contributed by atoms with Crippen LogP contribution in [0.5, 0.6) is 0 Å². The molecular formula is C25H29ClFN5O. The second-order valence-electron chi connectivity index (χ2n) is 7.89. The molecule has 8 heteroatoms. The minimum atomic E-state index is -0.256. The van der Waals surface area contributed by atoms with Gasteiger partial charge in [-0.2, -0.15) is 0 Å². The zero-order valence-electron chi connectivity index (χ0n) is 18.7. The summed E-state index contributed by atoms with van der Waals surface area (Å²) in [4.78, 5) is 17.6. The molecule has 1 amide bonds. The van der Waals surface area contributed by atoms with Crippen molar-refractivity contribution in [2.24, 2.45) is 5.92 Å². The van der Waals surface area contributed by atoms with Crippen molar-refractivity contribution in [3.8, 4) is 0 Å². The van der Waals surface area contributed by atoms with Gasteiger partial charge in [0.1, 0.15) is 17.2 Å². The van der Waals surface area contributed by atoms with Crippen LogP contribution in [0.4, 0.5) is 10.1 Å². The molecule has 0 aliphatic rings. The summed E-state index contributed by atoms with van der Waals surface area (Å²) in [6.07, 6.45) is 6.16. The topological polar surface area (TPSA) is 82.3 Å². The number of imidazole rings is 1. The molecule has 0 saturated carbocycles. The number of hydrogen-bond acceptors (Lipinski definition) is 4. The number of pyridine rings is 1. The zero-order chi connectivity index (χ0) is 23.8. The Balaban J connectivity index is 1.56. The standard InChI is InChI=1S/C25H29ClFN5O/c1-3-22-24(32-16-19(26)7-12-23(32)31-22)25(33)30-15-18(17(2)14-28)6-4-5-13-29-21-10-8-20(27)9-11-21/h7-12,14,16,18,28-29H,2-6,13,15H2,1H3,(H,30,33). The molecule has 1 atom stereocenters. The number of carbonyl (C=O) groups excluding carboxylic acids is 1. The fraction of sp³-hybridized carbons (Fsp3) is 0.320. The van der Waals surface area contributed by atoms with Gasteiger partial charge in [0.25, 0.3) is 5.91 Å². The van der Waals surface area contributed by atoms with Crippen molar-refractivity contribution in [2.75, 3.05) is 18.4 Å². The lowest BCUT2D eigenvalue weighted by molar-refractivity contribution is 0.0942. The lowest BCUT2D eigenvalue weighted by Gasteiger charge is -2.18. The number of nitrogens with one attached hydrogen (secondary N) is 3. The first-order chi connectivity index (χ1) is 15.9. The van der Waals surface area contributed by atoms with Crippen molar-refractivity contribution in [3.63, 3.8) is 0 Å². The maximum Gasteiger partial charge on any atom is 0.270 e. The molecule has 2 aromatic heterocycles. The average molecular weight is 470 g/mol. The fourth-order valence-corrected chi connectivity index (χ4v) is 3.87. The van der Waals surface area contributed by atoms with Crippen LogP contribution < -0.4 is 10.6 Å². The molecule has 174 valence electrons. The monoisotopic (exact) mass is 469 g/mol. The summed E-state index contributed by atoms with van der Waals surface area (Å²) in [5.41, 5.74) is 3.43. The van der Waals surface area contributed by atoms with Gasteiger partial charge in [0.2, 0.25) is 0 Å². The first-order valence-corrected chi connectivity index (χ1v) is 11.4. The van der Waals surface area contributed by atoms with Crippen LogP contribution in [-0.2, 0) is 6.42 Å². The van der Waals surface area contributed by atoms with Crippen molar-refractivity contribution in [1.82, 2.24) is 14.7 Å².